The van der Waals surface area contributed by atoms with Crippen LogP contribution in [0.3, 0.4) is 0 Å². The minimum absolute atomic E-state index is 0.105. The molecular weight excluding hydrogens is 241 g/mol. The van der Waals surface area contributed by atoms with Gasteiger partial charge in [-0.2, -0.15) is 0 Å². The number of nitrogens with one attached hydrogen (secondary N) is 1. The summed E-state index contributed by atoms with van der Waals surface area (Å²) in [6, 6.07) is 10.3. The smallest absolute Gasteiger partial charge is 0.123 e. The van der Waals surface area contributed by atoms with Gasteiger partial charge in [0.25, 0.3) is 0 Å². The van der Waals surface area contributed by atoms with Crippen molar-refractivity contribution >= 4 is 0 Å². The topological polar surface area (TPSA) is 50.9 Å². The average Bonchev–Trinajstić information content (AvgIpc) is 2.41. The lowest BCUT2D eigenvalue weighted by Crippen LogP contribution is -2.41. The molecule has 1 unspecified atom stereocenters. The molecular formula is C15H18FN3. The van der Waals surface area contributed by atoms with Gasteiger partial charge in [0.05, 0.1) is 6.04 Å². The molecule has 2 rings (SSSR count). The van der Waals surface area contributed by atoms with Crippen LogP contribution in [0.5, 0.6) is 0 Å². The van der Waals surface area contributed by atoms with E-state index in [1.165, 1.54) is 12.1 Å². The van der Waals surface area contributed by atoms with Crippen molar-refractivity contribution in [2.24, 2.45) is 5.84 Å². The Morgan fingerprint density at radius 2 is 1.89 bits per heavy atom. The second-order valence-corrected chi connectivity index (χ2v) is 5.11. The zero-order valence-electron chi connectivity index (χ0n) is 11.1. The molecule has 1 aromatic heterocycles. The van der Waals surface area contributed by atoms with Gasteiger partial charge in [0.1, 0.15) is 5.82 Å². The lowest BCUT2D eigenvalue weighted by Gasteiger charge is -2.34. The molecule has 0 aliphatic rings. The molecule has 4 heteroatoms. The van der Waals surface area contributed by atoms with Crippen LogP contribution in [0.1, 0.15) is 31.0 Å². The zero-order valence-corrected chi connectivity index (χ0v) is 11.1. The van der Waals surface area contributed by atoms with E-state index in [0.717, 1.165) is 11.1 Å². The van der Waals surface area contributed by atoms with Crippen LogP contribution in [-0.4, -0.2) is 4.98 Å². The number of hydrogen-bond acceptors (Lipinski definition) is 3. The number of nitrogens with zero attached hydrogens (tertiary/aromatic N) is 1. The fraction of sp³-hybridized carbons (Fsp3) is 0.267. The molecule has 100 valence electrons. The van der Waals surface area contributed by atoms with Crippen LogP contribution in [0.4, 0.5) is 4.39 Å². The maximum atomic E-state index is 13.0. The molecule has 0 radical (unpaired) electrons. The normalized spacial score (nSPS) is 13.3. The van der Waals surface area contributed by atoms with Crippen molar-refractivity contribution in [3.63, 3.8) is 0 Å². The number of pyridine rings is 1. The standard InChI is InChI=1S/C15H18FN3/c1-15(2,12-5-7-13(16)8-6-12)14(19-17)11-4-3-9-18-10-11/h3-10,14,19H,17H2,1-2H3. The summed E-state index contributed by atoms with van der Waals surface area (Å²) < 4.78 is 13.0. The third-order valence-electron chi connectivity index (χ3n) is 3.49. The van der Waals surface area contributed by atoms with Crippen LogP contribution in [-0.2, 0) is 5.41 Å². The number of hydrogen-bond donors (Lipinski definition) is 2. The highest BCUT2D eigenvalue weighted by atomic mass is 19.1. The van der Waals surface area contributed by atoms with Crippen LogP contribution in [0.2, 0.25) is 0 Å². The van der Waals surface area contributed by atoms with Crippen molar-refractivity contribution in [2.75, 3.05) is 0 Å². The second kappa shape index (κ2) is 5.47. The summed E-state index contributed by atoms with van der Waals surface area (Å²) in [5, 5.41) is 0. The Labute approximate surface area is 112 Å². The minimum Gasteiger partial charge on any atom is -0.271 e. The van der Waals surface area contributed by atoms with Crippen LogP contribution >= 0.6 is 0 Å². The van der Waals surface area contributed by atoms with E-state index in [9.17, 15) is 4.39 Å². The molecule has 1 atom stereocenters. The largest absolute Gasteiger partial charge is 0.271 e. The number of hydrazine groups is 1. The average molecular weight is 259 g/mol. The molecule has 0 spiro atoms. The van der Waals surface area contributed by atoms with Gasteiger partial charge >= 0.3 is 0 Å². The molecule has 0 fully saturated rings. The first-order valence-corrected chi connectivity index (χ1v) is 6.18. The molecule has 0 amide bonds. The first kappa shape index (κ1) is 13.6. The molecule has 0 bridgehead atoms. The van der Waals surface area contributed by atoms with Crippen molar-refractivity contribution in [1.29, 1.82) is 0 Å². The predicted molar refractivity (Wildman–Crippen MR) is 73.7 cm³/mol. The molecule has 0 aliphatic carbocycles. The van der Waals surface area contributed by atoms with Gasteiger partial charge in [0, 0.05) is 17.8 Å². The maximum absolute atomic E-state index is 13.0. The number of halogens is 1. The Balaban J connectivity index is 2.38. The Morgan fingerprint density at radius 1 is 1.21 bits per heavy atom. The van der Waals surface area contributed by atoms with E-state index in [4.69, 9.17) is 5.84 Å². The Kier molecular flexibility index (Phi) is 3.93. The van der Waals surface area contributed by atoms with Crippen molar-refractivity contribution in [1.82, 2.24) is 10.4 Å². The quantitative estimate of drug-likeness (QED) is 0.655. The van der Waals surface area contributed by atoms with Crippen LogP contribution in [0.15, 0.2) is 48.8 Å². The van der Waals surface area contributed by atoms with Gasteiger partial charge < -0.3 is 0 Å². The highest BCUT2D eigenvalue weighted by Crippen LogP contribution is 2.36. The highest BCUT2D eigenvalue weighted by molar-refractivity contribution is 5.30. The second-order valence-electron chi connectivity index (χ2n) is 5.11. The molecule has 2 aromatic rings. The predicted octanol–water partition coefficient (Wildman–Crippen LogP) is 2.70. The maximum Gasteiger partial charge on any atom is 0.123 e. The molecule has 0 saturated carbocycles. The molecule has 0 saturated heterocycles. The van der Waals surface area contributed by atoms with E-state index in [2.05, 4.69) is 24.3 Å². The molecule has 1 heterocycles. The SMILES string of the molecule is CC(C)(c1ccc(F)cc1)C(NN)c1cccnc1. The molecule has 1 aromatic carbocycles. The Hall–Kier alpha value is -1.78. The van der Waals surface area contributed by atoms with Crippen LogP contribution in [0.25, 0.3) is 0 Å². The van der Waals surface area contributed by atoms with Crippen molar-refractivity contribution in [3.05, 3.63) is 65.7 Å². The summed E-state index contributed by atoms with van der Waals surface area (Å²) in [4.78, 5) is 4.12. The summed E-state index contributed by atoms with van der Waals surface area (Å²) in [5.41, 5.74) is 4.57. The Bertz CT molecular complexity index is 523. The first-order chi connectivity index (χ1) is 9.05. The van der Waals surface area contributed by atoms with E-state index in [0.29, 0.717) is 0 Å². The number of benzene rings is 1. The van der Waals surface area contributed by atoms with Gasteiger partial charge in [-0.25, -0.2) is 4.39 Å². The van der Waals surface area contributed by atoms with Gasteiger partial charge in [-0.1, -0.05) is 32.0 Å². The Morgan fingerprint density at radius 3 is 2.42 bits per heavy atom. The van der Waals surface area contributed by atoms with Gasteiger partial charge in [0.2, 0.25) is 0 Å². The molecule has 3 nitrogen and oxygen atoms in total. The zero-order chi connectivity index (χ0) is 13.9. The van der Waals surface area contributed by atoms with E-state index >= 15 is 0 Å². The van der Waals surface area contributed by atoms with Crippen molar-refractivity contribution in [3.8, 4) is 0 Å². The van der Waals surface area contributed by atoms with Crippen molar-refractivity contribution < 1.29 is 4.39 Å². The van der Waals surface area contributed by atoms with Gasteiger partial charge in [0.15, 0.2) is 0 Å². The lowest BCUT2D eigenvalue weighted by atomic mass is 9.75. The molecule has 3 N–H and O–H groups in total. The van der Waals surface area contributed by atoms with E-state index in [1.807, 2.05) is 12.1 Å². The number of aromatic nitrogens is 1. The highest BCUT2D eigenvalue weighted by Gasteiger charge is 2.32. The lowest BCUT2D eigenvalue weighted by molar-refractivity contribution is 0.352. The third-order valence-corrected chi connectivity index (χ3v) is 3.49. The van der Waals surface area contributed by atoms with E-state index < -0.39 is 0 Å². The first-order valence-electron chi connectivity index (χ1n) is 6.18. The number of nitrogens with two attached hydrogens (primary N) is 1. The summed E-state index contributed by atoms with van der Waals surface area (Å²) in [6.45, 7) is 4.13. The fourth-order valence-electron chi connectivity index (χ4n) is 2.31. The van der Waals surface area contributed by atoms with Crippen LogP contribution < -0.4 is 11.3 Å². The van der Waals surface area contributed by atoms with E-state index in [1.54, 1.807) is 24.5 Å². The van der Waals surface area contributed by atoms with Gasteiger partial charge in [-0.15, -0.1) is 0 Å². The van der Waals surface area contributed by atoms with Crippen LogP contribution in [0, 0.1) is 5.82 Å². The number of rotatable bonds is 4. The van der Waals surface area contributed by atoms with Crippen molar-refractivity contribution in [2.45, 2.75) is 25.3 Å². The summed E-state index contributed by atoms with van der Waals surface area (Å²) in [5.74, 6) is 5.47. The van der Waals surface area contributed by atoms with E-state index in [-0.39, 0.29) is 17.3 Å². The molecule has 19 heavy (non-hydrogen) atoms. The summed E-state index contributed by atoms with van der Waals surface area (Å²) in [6.07, 6.45) is 3.51. The van der Waals surface area contributed by atoms with Gasteiger partial charge in [-0.3, -0.25) is 16.3 Å². The van der Waals surface area contributed by atoms with Gasteiger partial charge in [-0.05, 0) is 29.3 Å². The minimum atomic E-state index is -0.286. The third kappa shape index (κ3) is 2.80. The monoisotopic (exact) mass is 259 g/mol. The summed E-state index contributed by atoms with van der Waals surface area (Å²) >= 11 is 0. The fourth-order valence-corrected chi connectivity index (χ4v) is 2.31. The molecule has 0 aliphatic heterocycles. The summed E-state index contributed by atoms with van der Waals surface area (Å²) in [7, 11) is 0.